The van der Waals surface area contributed by atoms with Crippen molar-refractivity contribution in [1.29, 1.82) is 0 Å². The van der Waals surface area contributed by atoms with E-state index in [0.29, 0.717) is 60.5 Å². The molecule has 10 nitrogen and oxygen atoms in total. The number of piperidine rings is 1. The highest BCUT2D eigenvalue weighted by Crippen LogP contribution is 2.39. The summed E-state index contributed by atoms with van der Waals surface area (Å²) in [7, 11) is 0. The van der Waals surface area contributed by atoms with Crippen LogP contribution in [0.15, 0.2) is 77.1 Å². The fourth-order valence-electron chi connectivity index (χ4n) is 6.28. The number of nitro benzene ring substituents is 1. The normalized spacial score (nSPS) is 18.6. The fraction of sp³-hybridized carbons (Fsp3) is 0.424. The quantitative estimate of drug-likeness (QED) is 0.170. The number of non-ortho nitro benzene ring substituents is 1. The Morgan fingerprint density at radius 2 is 1.65 bits per heavy atom. The Morgan fingerprint density at radius 3 is 2.23 bits per heavy atom. The van der Waals surface area contributed by atoms with Gasteiger partial charge in [-0.3, -0.25) is 24.5 Å². The van der Waals surface area contributed by atoms with E-state index >= 15 is 0 Å². The summed E-state index contributed by atoms with van der Waals surface area (Å²) in [5.74, 6) is -1.28. The van der Waals surface area contributed by atoms with Crippen LogP contribution in [-0.4, -0.2) is 60.3 Å². The summed E-state index contributed by atoms with van der Waals surface area (Å²) in [6.07, 6.45) is 2.03. The molecule has 1 amide bonds. The second kappa shape index (κ2) is 13.8. The maximum absolute atomic E-state index is 13.6. The first-order chi connectivity index (χ1) is 20.6. The summed E-state index contributed by atoms with van der Waals surface area (Å²) >= 11 is 0. The Hall–Kier alpha value is -4.31. The van der Waals surface area contributed by atoms with Gasteiger partial charge in [-0.2, -0.15) is 0 Å². The SMILES string of the molecule is CCOC(=O)C1(c2ccccc2)CCN(CCCNC(=O)C2=C(C)NC(C)=C(C(C)=O)C2c2ccc([N+](=O)[O-])cc2)CC1. The molecule has 0 aliphatic carbocycles. The monoisotopic (exact) mass is 588 g/mol. The Bertz CT molecular complexity index is 1420. The van der Waals surface area contributed by atoms with Gasteiger partial charge < -0.3 is 20.3 Å². The lowest BCUT2D eigenvalue weighted by molar-refractivity contribution is -0.384. The minimum Gasteiger partial charge on any atom is -0.465 e. The molecule has 228 valence electrons. The lowest BCUT2D eigenvalue weighted by Gasteiger charge is -2.40. The van der Waals surface area contributed by atoms with E-state index in [1.54, 1.807) is 26.0 Å². The van der Waals surface area contributed by atoms with Crippen molar-refractivity contribution in [3.8, 4) is 0 Å². The van der Waals surface area contributed by atoms with Gasteiger partial charge in [0, 0.05) is 47.1 Å². The van der Waals surface area contributed by atoms with Gasteiger partial charge in [0.25, 0.3) is 5.69 Å². The number of dihydropyridines is 1. The molecular weight excluding hydrogens is 548 g/mol. The van der Waals surface area contributed by atoms with Crippen molar-refractivity contribution in [2.75, 3.05) is 32.8 Å². The Balaban J connectivity index is 1.40. The predicted octanol–water partition coefficient (Wildman–Crippen LogP) is 4.52. The zero-order valence-corrected chi connectivity index (χ0v) is 25.3. The third-order valence-corrected chi connectivity index (χ3v) is 8.46. The first kappa shape index (κ1) is 31.6. The van der Waals surface area contributed by atoms with Crippen LogP contribution in [-0.2, 0) is 24.5 Å². The van der Waals surface area contributed by atoms with Gasteiger partial charge in [0.05, 0.1) is 16.9 Å². The molecule has 1 unspecified atom stereocenters. The smallest absolute Gasteiger partial charge is 0.316 e. The highest BCUT2D eigenvalue weighted by atomic mass is 16.6. The van der Waals surface area contributed by atoms with E-state index in [-0.39, 0.29) is 23.3 Å². The van der Waals surface area contributed by atoms with Crippen LogP contribution in [0, 0.1) is 10.1 Å². The van der Waals surface area contributed by atoms with E-state index in [2.05, 4.69) is 15.5 Å². The summed E-state index contributed by atoms with van der Waals surface area (Å²) in [4.78, 5) is 52.3. The van der Waals surface area contributed by atoms with E-state index in [1.165, 1.54) is 19.1 Å². The lowest BCUT2D eigenvalue weighted by Crippen LogP contribution is -2.48. The number of nitrogens with one attached hydrogen (secondary N) is 2. The highest BCUT2D eigenvalue weighted by Gasteiger charge is 2.44. The first-order valence-corrected chi connectivity index (χ1v) is 14.8. The second-order valence-corrected chi connectivity index (χ2v) is 11.2. The number of hydrogen-bond acceptors (Lipinski definition) is 8. The number of nitro groups is 1. The molecule has 1 atom stereocenters. The molecule has 2 aliphatic heterocycles. The topological polar surface area (TPSA) is 131 Å². The van der Waals surface area contributed by atoms with Gasteiger partial charge in [-0.25, -0.2) is 0 Å². The van der Waals surface area contributed by atoms with E-state index in [1.807, 2.05) is 37.3 Å². The zero-order valence-electron chi connectivity index (χ0n) is 25.3. The number of ether oxygens (including phenoxy) is 1. The Labute approximate surface area is 252 Å². The number of carbonyl (C=O) groups is 3. The summed E-state index contributed by atoms with van der Waals surface area (Å²) in [6.45, 7) is 9.89. The minimum absolute atomic E-state index is 0.0598. The van der Waals surface area contributed by atoms with E-state index in [0.717, 1.165) is 25.2 Å². The number of hydrogen-bond donors (Lipinski definition) is 2. The molecular formula is C33H40N4O6. The predicted molar refractivity (Wildman–Crippen MR) is 163 cm³/mol. The Kier molecular flexibility index (Phi) is 10.1. The second-order valence-electron chi connectivity index (χ2n) is 11.2. The first-order valence-electron chi connectivity index (χ1n) is 14.8. The van der Waals surface area contributed by atoms with Crippen LogP contribution in [0.1, 0.15) is 64.0 Å². The van der Waals surface area contributed by atoms with Gasteiger partial charge in [-0.05, 0) is 77.7 Å². The van der Waals surface area contributed by atoms with Crippen LogP contribution in [0.25, 0.3) is 0 Å². The standard InChI is InChI=1S/C33H40N4O6/c1-5-43-32(40)33(26-10-7-6-8-11-26)16-20-36(21-17-33)19-9-18-34-31(39)29-23(3)35-22(2)28(24(4)38)30(29)25-12-14-27(15-13-25)37(41)42/h6-8,10-15,30,35H,5,9,16-21H2,1-4H3,(H,34,39). The number of benzene rings is 2. The third-order valence-electron chi connectivity index (χ3n) is 8.46. The van der Waals surface area contributed by atoms with Crippen molar-refractivity contribution < 1.29 is 24.0 Å². The molecule has 2 aromatic carbocycles. The fourth-order valence-corrected chi connectivity index (χ4v) is 6.28. The lowest BCUT2D eigenvalue weighted by atomic mass is 9.72. The molecule has 1 fully saturated rings. The van der Waals surface area contributed by atoms with Gasteiger partial charge in [0.15, 0.2) is 5.78 Å². The molecule has 0 saturated carbocycles. The number of rotatable bonds is 11. The number of amides is 1. The molecule has 1 saturated heterocycles. The summed E-state index contributed by atoms with van der Waals surface area (Å²) in [5, 5.41) is 17.4. The summed E-state index contributed by atoms with van der Waals surface area (Å²) in [5.41, 5.74) is 3.09. The highest BCUT2D eigenvalue weighted by molar-refractivity contribution is 6.03. The maximum Gasteiger partial charge on any atom is 0.316 e. The van der Waals surface area contributed by atoms with Crippen LogP contribution < -0.4 is 10.6 Å². The largest absolute Gasteiger partial charge is 0.465 e. The van der Waals surface area contributed by atoms with E-state index < -0.39 is 16.3 Å². The number of ketones is 1. The molecule has 0 bridgehead atoms. The summed E-state index contributed by atoms with van der Waals surface area (Å²) < 4.78 is 5.48. The van der Waals surface area contributed by atoms with Crippen LogP contribution in [0.2, 0.25) is 0 Å². The van der Waals surface area contributed by atoms with Crippen LogP contribution in [0.5, 0.6) is 0 Å². The average Bonchev–Trinajstić information content (AvgIpc) is 2.99. The molecule has 43 heavy (non-hydrogen) atoms. The average molecular weight is 589 g/mol. The van der Waals surface area contributed by atoms with Crippen molar-refractivity contribution in [3.05, 3.63) is 98.4 Å². The number of allylic oxidation sites excluding steroid dienone is 3. The molecule has 2 aromatic rings. The van der Waals surface area contributed by atoms with Crippen molar-refractivity contribution in [3.63, 3.8) is 0 Å². The van der Waals surface area contributed by atoms with Crippen LogP contribution >= 0.6 is 0 Å². The molecule has 4 rings (SSSR count). The maximum atomic E-state index is 13.6. The molecule has 10 heteroatoms. The van der Waals surface area contributed by atoms with Crippen molar-refractivity contribution in [2.45, 2.75) is 58.3 Å². The number of nitrogens with zero attached hydrogens (tertiary/aromatic N) is 2. The number of likely N-dealkylation sites (tertiary alicyclic amines) is 1. The number of carbonyl (C=O) groups excluding carboxylic acids is 3. The molecule has 2 N–H and O–H groups in total. The van der Waals surface area contributed by atoms with Crippen LogP contribution in [0.3, 0.4) is 0 Å². The molecule has 0 aromatic heterocycles. The van der Waals surface area contributed by atoms with Gasteiger partial charge in [-0.1, -0.05) is 42.5 Å². The third kappa shape index (κ3) is 6.85. The molecule has 2 aliphatic rings. The minimum atomic E-state index is -0.646. The van der Waals surface area contributed by atoms with Crippen molar-refractivity contribution in [1.82, 2.24) is 15.5 Å². The van der Waals surface area contributed by atoms with Gasteiger partial charge in [0.1, 0.15) is 0 Å². The summed E-state index contributed by atoms with van der Waals surface area (Å²) in [6, 6.07) is 15.8. The van der Waals surface area contributed by atoms with Gasteiger partial charge in [-0.15, -0.1) is 0 Å². The van der Waals surface area contributed by atoms with Gasteiger partial charge in [0.2, 0.25) is 5.91 Å². The van der Waals surface area contributed by atoms with E-state index in [4.69, 9.17) is 4.74 Å². The van der Waals surface area contributed by atoms with Gasteiger partial charge >= 0.3 is 5.97 Å². The molecule has 0 spiro atoms. The number of Topliss-reactive ketones (excluding diaryl/α,β-unsaturated/α-hetero) is 1. The molecule has 0 radical (unpaired) electrons. The van der Waals surface area contributed by atoms with Crippen molar-refractivity contribution in [2.24, 2.45) is 0 Å². The Morgan fingerprint density at radius 1 is 1.02 bits per heavy atom. The number of esters is 1. The van der Waals surface area contributed by atoms with E-state index in [9.17, 15) is 24.5 Å². The zero-order chi connectivity index (χ0) is 31.1. The van der Waals surface area contributed by atoms with Crippen LogP contribution in [0.4, 0.5) is 5.69 Å². The molecule has 2 heterocycles. The van der Waals surface area contributed by atoms with Crippen molar-refractivity contribution >= 4 is 23.3 Å².